The third kappa shape index (κ3) is 3.61. The first-order chi connectivity index (χ1) is 13.8. The lowest BCUT2D eigenvalue weighted by Crippen LogP contribution is -2.39. The number of hydrogen-bond donors (Lipinski definition) is 1. The summed E-state index contributed by atoms with van der Waals surface area (Å²) in [6.45, 7) is 6.66. The van der Waals surface area contributed by atoms with Crippen LogP contribution in [0.15, 0.2) is 16.7 Å². The maximum Gasteiger partial charge on any atom is 0.274 e. The molecular weight excluding hydrogens is 380 g/mol. The number of carbonyl (C=O) groups excluding carboxylic acids is 1. The molecule has 0 radical (unpaired) electrons. The Bertz CT molecular complexity index is 1040. The molecule has 1 saturated heterocycles. The number of aryl methyl sites for hydroxylation is 1. The lowest BCUT2D eigenvalue weighted by atomic mass is 9.92. The number of alkyl halides is 2. The predicted molar refractivity (Wildman–Crippen MR) is 102 cm³/mol. The van der Waals surface area contributed by atoms with Crippen molar-refractivity contribution in [3.05, 3.63) is 40.5 Å². The van der Waals surface area contributed by atoms with E-state index in [4.69, 9.17) is 4.52 Å². The number of halogens is 2. The van der Waals surface area contributed by atoms with Crippen molar-refractivity contribution in [3.63, 3.8) is 0 Å². The molecule has 1 N–H and O–H groups in total. The SMILES string of the molecule is Cc1noc2nc(C3CCCN(C(=O)c4cc(C(C)C)[nH]n4)C3)cc(C(F)F)c12. The van der Waals surface area contributed by atoms with Crippen LogP contribution in [0.1, 0.15) is 78.1 Å². The third-order valence-corrected chi connectivity index (χ3v) is 5.47. The van der Waals surface area contributed by atoms with E-state index in [0.29, 0.717) is 30.2 Å². The van der Waals surface area contributed by atoms with Crippen LogP contribution in [-0.4, -0.2) is 44.2 Å². The highest BCUT2D eigenvalue weighted by Crippen LogP contribution is 2.34. The number of nitrogens with zero attached hydrogens (tertiary/aromatic N) is 4. The minimum absolute atomic E-state index is 0.118. The molecule has 0 saturated carbocycles. The Morgan fingerprint density at radius 3 is 2.83 bits per heavy atom. The number of aromatic nitrogens is 4. The average molecular weight is 403 g/mol. The van der Waals surface area contributed by atoms with Gasteiger partial charge in [0.1, 0.15) is 5.69 Å². The molecule has 0 bridgehead atoms. The molecule has 4 heterocycles. The van der Waals surface area contributed by atoms with Crippen molar-refractivity contribution in [2.75, 3.05) is 13.1 Å². The van der Waals surface area contributed by atoms with Crippen LogP contribution in [-0.2, 0) is 0 Å². The zero-order valence-corrected chi connectivity index (χ0v) is 16.6. The molecule has 1 aliphatic rings. The number of nitrogens with one attached hydrogen (secondary N) is 1. The van der Waals surface area contributed by atoms with Crippen LogP contribution in [0.5, 0.6) is 0 Å². The zero-order chi connectivity index (χ0) is 20.7. The average Bonchev–Trinajstić information content (AvgIpc) is 3.34. The van der Waals surface area contributed by atoms with Gasteiger partial charge in [0.2, 0.25) is 0 Å². The molecule has 7 nitrogen and oxygen atoms in total. The lowest BCUT2D eigenvalue weighted by molar-refractivity contribution is 0.0699. The van der Waals surface area contributed by atoms with Gasteiger partial charge in [-0.15, -0.1) is 0 Å². The molecule has 1 amide bonds. The van der Waals surface area contributed by atoms with Gasteiger partial charge in [0.25, 0.3) is 18.0 Å². The lowest BCUT2D eigenvalue weighted by Gasteiger charge is -2.32. The van der Waals surface area contributed by atoms with Gasteiger partial charge in [0, 0.05) is 36.0 Å². The molecule has 1 unspecified atom stereocenters. The number of H-pyrrole nitrogens is 1. The number of rotatable bonds is 4. The second-order valence-electron chi connectivity index (χ2n) is 7.84. The van der Waals surface area contributed by atoms with Crippen LogP contribution in [0.3, 0.4) is 0 Å². The van der Waals surface area contributed by atoms with Gasteiger partial charge in [-0.3, -0.25) is 9.89 Å². The summed E-state index contributed by atoms with van der Waals surface area (Å²) in [5.74, 6) is -0.0701. The highest BCUT2D eigenvalue weighted by atomic mass is 19.3. The van der Waals surface area contributed by atoms with Crippen molar-refractivity contribution >= 4 is 17.0 Å². The molecule has 1 fully saturated rings. The van der Waals surface area contributed by atoms with Gasteiger partial charge in [-0.25, -0.2) is 13.8 Å². The number of likely N-dealkylation sites (tertiary alicyclic amines) is 1. The van der Waals surface area contributed by atoms with Crippen LogP contribution in [0.25, 0.3) is 11.1 Å². The molecule has 3 aromatic heterocycles. The Morgan fingerprint density at radius 1 is 1.34 bits per heavy atom. The first kappa shape index (κ1) is 19.5. The topological polar surface area (TPSA) is 87.9 Å². The maximum absolute atomic E-state index is 13.6. The standard InChI is InChI=1S/C20H23F2N5O2/c1-10(2)14-8-16(25-24-14)20(28)27-6-4-5-12(9-27)15-7-13(18(21)22)17-11(3)26-29-19(17)23-15/h7-8,10,12,18H,4-6,9H2,1-3H3,(H,24,25). The van der Waals surface area contributed by atoms with Gasteiger partial charge in [-0.1, -0.05) is 19.0 Å². The number of fused-ring (bicyclic) bond motifs is 1. The fourth-order valence-electron chi connectivity index (χ4n) is 3.84. The smallest absolute Gasteiger partial charge is 0.274 e. The van der Waals surface area contributed by atoms with E-state index in [2.05, 4.69) is 20.3 Å². The summed E-state index contributed by atoms with van der Waals surface area (Å²) < 4.78 is 32.4. The Labute approximate surface area is 166 Å². The molecule has 3 aromatic rings. The van der Waals surface area contributed by atoms with Crippen molar-refractivity contribution < 1.29 is 18.1 Å². The Kier molecular flexibility index (Phi) is 5.06. The molecule has 0 spiro atoms. The summed E-state index contributed by atoms with van der Waals surface area (Å²) in [5, 5.41) is 11.1. The van der Waals surface area contributed by atoms with Crippen LogP contribution >= 0.6 is 0 Å². The molecule has 1 atom stereocenters. The fourth-order valence-corrected chi connectivity index (χ4v) is 3.84. The Hall–Kier alpha value is -2.84. The largest absolute Gasteiger partial charge is 0.337 e. The Balaban J connectivity index is 1.60. The van der Waals surface area contributed by atoms with Gasteiger partial charge < -0.3 is 9.42 Å². The summed E-state index contributed by atoms with van der Waals surface area (Å²) in [4.78, 5) is 19.0. The molecule has 29 heavy (non-hydrogen) atoms. The van der Waals surface area contributed by atoms with Crippen molar-refractivity contribution in [3.8, 4) is 0 Å². The van der Waals surface area contributed by atoms with Gasteiger partial charge >= 0.3 is 0 Å². The third-order valence-electron chi connectivity index (χ3n) is 5.47. The van der Waals surface area contributed by atoms with E-state index in [-0.39, 0.29) is 34.4 Å². The van der Waals surface area contributed by atoms with Crippen molar-refractivity contribution in [1.82, 2.24) is 25.2 Å². The van der Waals surface area contributed by atoms with E-state index in [1.54, 1.807) is 17.9 Å². The van der Waals surface area contributed by atoms with Crippen LogP contribution in [0.4, 0.5) is 8.78 Å². The molecular formula is C20H23F2N5O2. The first-order valence-electron chi connectivity index (χ1n) is 9.74. The molecule has 9 heteroatoms. The van der Waals surface area contributed by atoms with E-state index in [9.17, 15) is 13.6 Å². The van der Waals surface area contributed by atoms with Crippen LogP contribution < -0.4 is 0 Å². The van der Waals surface area contributed by atoms with Crippen LogP contribution in [0, 0.1) is 6.92 Å². The van der Waals surface area contributed by atoms with Crippen molar-refractivity contribution in [2.24, 2.45) is 0 Å². The van der Waals surface area contributed by atoms with Crippen molar-refractivity contribution in [1.29, 1.82) is 0 Å². The van der Waals surface area contributed by atoms with Crippen LogP contribution in [0.2, 0.25) is 0 Å². The molecule has 0 aromatic carbocycles. The van der Waals surface area contributed by atoms with E-state index >= 15 is 0 Å². The number of amides is 1. The molecule has 1 aliphatic heterocycles. The van der Waals surface area contributed by atoms with Crippen molar-refractivity contribution in [2.45, 2.75) is 51.9 Å². The fraction of sp³-hybridized carbons (Fsp3) is 0.500. The summed E-state index contributed by atoms with van der Waals surface area (Å²) in [6.07, 6.45) is -1.13. The summed E-state index contributed by atoms with van der Waals surface area (Å²) in [5.41, 5.74) is 2.17. The summed E-state index contributed by atoms with van der Waals surface area (Å²) >= 11 is 0. The number of carbonyl (C=O) groups is 1. The van der Waals surface area contributed by atoms with E-state index in [0.717, 1.165) is 18.5 Å². The normalized spacial score (nSPS) is 17.6. The van der Waals surface area contributed by atoms with Gasteiger partial charge in [-0.2, -0.15) is 5.10 Å². The zero-order valence-electron chi connectivity index (χ0n) is 16.6. The minimum Gasteiger partial charge on any atom is -0.337 e. The first-order valence-corrected chi connectivity index (χ1v) is 9.74. The second-order valence-corrected chi connectivity index (χ2v) is 7.84. The monoisotopic (exact) mass is 403 g/mol. The second kappa shape index (κ2) is 7.53. The van der Waals surface area contributed by atoms with E-state index < -0.39 is 6.43 Å². The van der Waals surface area contributed by atoms with Gasteiger partial charge in [-0.05, 0) is 37.8 Å². The van der Waals surface area contributed by atoms with Gasteiger partial charge in [0.15, 0.2) is 0 Å². The number of hydrogen-bond acceptors (Lipinski definition) is 5. The van der Waals surface area contributed by atoms with Gasteiger partial charge in [0.05, 0.1) is 11.1 Å². The number of piperidine rings is 1. The van der Waals surface area contributed by atoms with E-state index in [1.807, 2.05) is 13.8 Å². The number of aromatic amines is 1. The highest BCUT2D eigenvalue weighted by molar-refractivity contribution is 5.92. The maximum atomic E-state index is 13.6. The molecule has 154 valence electrons. The number of pyridine rings is 1. The van der Waals surface area contributed by atoms with E-state index in [1.165, 1.54) is 6.07 Å². The minimum atomic E-state index is -2.66. The quantitative estimate of drug-likeness (QED) is 0.700. The predicted octanol–water partition coefficient (Wildman–Crippen LogP) is 4.34. The highest BCUT2D eigenvalue weighted by Gasteiger charge is 2.30. The summed E-state index contributed by atoms with van der Waals surface area (Å²) in [7, 11) is 0. The summed E-state index contributed by atoms with van der Waals surface area (Å²) in [6, 6.07) is 3.20. The Morgan fingerprint density at radius 2 is 2.14 bits per heavy atom. The molecule has 4 rings (SSSR count). The molecule has 0 aliphatic carbocycles.